The Morgan fingerprint density at radius 3 is 2.75 bits per heavy atom. The summed E-state index contributed by atoms with van der Waals surface area (Å²) in [5.41, 5.74) is -0.375. The van der Waals surface area contributed by atoms with Crippen LogP contribution < -0.4 is 5.32 Å². The van der Waals surface area contributed by atoms with Gasteiger partial charge >= 0.3 is 5.97 Å². The van der Waals surface area contributed by atoms with E-state index in [0.717, 1.165) is 38.6 Å². The Bertz CT molecular complexity index is 377. The number of nitrogens with zero attached hydrogens (tertiary/aromatic N) is 1. The summed E-state index contributed by atoms with van der Waals surface area (Å²) in [6.07, 6.45) is 4.42. The van der Waals surface area contributed by atoms with Crippen molar-refractivity contribution >= 4 is 11.9 Å². The Morgan fingerprint density at radius 1 is 1.45 bits per heavy atom. The van der Waals surface area contributed by atoms with Gasteiger partial charge in [-0.2, -0.15) is 0 Å². The molecule has 0 radical (unpaired) electrons. The molecule has 0 bridgehead atoms. The van der Waals surface area contributed by atoms with Crippen LogP contribution in [0.5, 0.6) is 0 Å². The van der Waals surface area contributed by atoms with Crippen molar-refractivity contribution in [2.45, 2.75) is 52.0 Å². The monoisotopic (exact) mass is 282 g/mol. The van der Waals surface area contributed by atoms with E-state index >= 15 is 0 Å². The fraction of sp³-hybridized carbons (Fsp3) is 0.867. The zero-order valence-corrected chi connectivity index (χ0v) is 12.5. The first kappa shape index (κ1) is 15.3. The number of hydrogen-bond donors (Lipinski definition) is 2. The second kappa shape index (κ2) is 6.12. The second-order valence-electron chi connectivity index (χ2n) is 6.36. The van der Waals surface area contributed by atoms with Crippen LogP contribution in [0.15, 0.2) is 0 Å². The Labute approximate surface area is 120 Å². The van der Waals surface area contributed by atoms with Gasteiger partial charge in [-0.25, -0.2) is 4.79 Å². The zero-order valence-electron chi connectivity index (χ0n) is 12.5. The number of carboxylic acid groups (broad SMARTS) is 1. The van der Waals surface area contributed by atoms with Crippen LogP contribution in [0, 0.1) is 11.3 Å². The van der Waals surface area contributed by atoms with Gasteiger partial charge in [-0.1, -0.05) is 20.3 Å². The standard InChI is InChI=1S/C15H26N2O3/c1-3-6-15(7-8-16-10-15)14(20)17-9-4-5-11(2)12(17)13(18)19/h11-12,16H,3-10H2,1-2H3,(H,18,19). The lowest BCUT2D eigenvalue weighted by Gasteiger charge is -2.42. The molecule has 0 aromatic heterocycles. The number of piperidine rings is 1. The van der Waals surface area contributed by atoms with E-state index < -0.39 is 12.0 Å². The smallest absolute Gasteiger partial charge is 0.326 e. The van der Waals surface area contributed by atoms with Crippen LogP contribution in [0.3, 0.4) is 0 Å². The quantitative estimate of drug-likeness (QED) is 0.819. The molecule has 2 saturated heterocycles. The number of carbonyl (C=O) groups excluding carboxylic acids is 1. The predicted molar refractivity (Wildman–Crippen MR) is 76.4 cm³/mol. The molecular weight excluding hydrogens is 256 g/mol. The second-order valence-corrected chi connectivity index (χ2v) is 6.36. The molecule has 0 aliphatic carbocycles. The molecule has 2 rings (SSSR count). The normalized spacial score (nSPS) is 34.2. The number of amides is 1. The van der Waals surface area contributed by atoms with Gasteiger partial charge in [-0.3, -0.25) is 4.79 Å². The lowest BCUT2D eigenvalue weighted by molar-refractivity contribution is -0.159. The van der Waals surface area contributed by atoms with Crippen molar-refractivity contribution in [3.05, 3.63) is 0 Å². The highest BCUT2D eigenvalue weighted by Crippen LogP contribution is 2.36. The van der Waals surface area contributed by atoms with Gasteiger partial charge in [0.1, 0.15) is 6.04 Å². The van der Waals surface area contributed by atoms with Gasteiger partial charge in [-0.15, -0.1) is 0 Å². The third-order valence-corrected chi connectivity index (χ3v) is 4.87. The Morgan fingerprint density at radius 2 is 2.20 bits per heavy atom. The Hall–Kier alpha value is -1.10. The predicted octanol–water partition coefficient (Wildman–Crippen LogP) is 1.48. The summed E-state index contributed by atoms with van der Waals surface area (Å²) in [6, 6.07) is -0.648. The van der Waals surface area contributed by atoms with Crippen LogP contribution in [0.1, 0.15) is 46.0 Å². The first-order chi connectivity index (χ1) is 9.52. The molecule has 0 aromatic carbocycles. The van der Waals surface area contributed by atoms with Crippen LogP contribution in [-0.4, -0.2) is 47.6 Å². The molecule has 2 N–H and O–H groups in total. The molecule has 3 atom stereocenters. The third kappa shape index (κ3) is 2.68. The lowest BCUT2D eigenvalue weighted by Crippen LogP contribution is -2.56. The van der Waals surface area contributed by atoms with Gasteiger partial charge in [0.15, 0.2) is 0 Å². The van der Waals surface area contributed by atoms with Gasteiger partial charge in [0.2, 0.25) is 5.91 Å². The van der Waals surface area contributed by atoms with Crippen molar-refractivity contribution in [3.63, 3.8) is 0 Å². The molecule has 0 aromatic rings. The van der Waals surface area contributed by atoms with E-state index in [9.17, 15) is 14.7 Å². The number of rotatable bonds is 4. The van der Waals surface area contributed by atoms with Crippen LogP contribution in [-0.2, 0) is 9.59 Å². The number of carboxylic acids is 1. The third-order valence-electron chi connectivity index (χ3n) is 4.87. The van der Waals surface area contributed by atoms with E-state index in [0.29, 0.717) is 13.1 Å². The molecule has 0 spiro atoms. The molecule has 3 unspecified atom stereocenters. The van der Waals surface area contributed by atoms with Crippen LogP contribution in [0.4, 0.5) is 0 Å². The Kier molecular flexibility index (Phi) is 4.68. The fourth-order valence-corrected chi connectivity index (χ4v) is 3.82. The lowest BCUT2D eigenvalue weighted by atomic mass is 9.79. The highest BCUT2D eigenvalue weighted by Gasteiger charge is 2.47. The van der Waals surface area contributed by atoms with E-state index in [4.69, 9.17) is 0 Å². The molecule has 5 heteroatoms. The molecule has 2 fully saturated rings. The van der Waals surface area contributed by atoms with Crippen molar-refractivity contribution in [1.29, 1.82) is 0 Å². The summed E-state index contributed by atoms with van der Waals surface area (Å²) >= 11 is 0. The number of likely N-dealkylation sites (tertiary alicyclic amines) is 1. The molecule has 0 saturated carbocycles. The molecule has 1 amide bonds. The maximum absolute atomic E-state index is 13.0. The van der Waals surface area contributed by atoms with E-state index in [-0.39, 0.29) is 17.2 Å². The summed E-state index contributed by atoms with van der Waals surface area (Å²) in [7, 11) is 0. The number of carbonyl (C=O) groups is 2. The van der Waals surface area contributed by atoms with Crippen molar-refractivity contribution < 1.29 is 14.7 Å². The van der Waals surface area contributed by atoms with Gasteiger partial charge in [0.25, 0.3) is 0 Å². The minimum Gasteiger partial charge on any atom is -0.480 e. The van der Waals surface area contributed by atoms with E-state index in [1.807, 2.05) is 6.92 Å². The summed E-state index contributed by atoms with van der Waals surface area (Å²) in [5, 5.41) is 12.8. The van der Waals surface area contributed by atoms with Crippen molar-refractivity contribution in [2.24, 2.45) is 11.3 Å². The fourth-order valence-electron chi connectivity index (χ4n) is 3.82. The zero-order chi connectivity index (χ0) is 14.8. The summed E-state index contributed by atoms with van der Waals surface area (Å²) < 4.78 is 0. The van der Waals surface area contributed by atoms with E-state index in [1.54, 1.807) is 4.90 Å². The summed E-state index contributed by atoms with van der Waals surface area (Å²) in [4.78, 5) is 26.2. The highest BCUT2D eigenvalue weighted by atomic mass is 16.4. The molecule has 5 nitrogen and oxygen atoms in total. The highest BCUT2D eigenvalue weighted by molar-refractivity contribution is 5.88. The number of aliphatic carboxylic acids is 1. The molecule has 2 heterocycles. The van der Waals surface area contributed by atoms with E-state index in [1.165, 1.54) is 0 Å². The van der Waals surface area contributed by atoms with Gasteiger partial charge in [-0.05, 0) is 38.1 Å². The molecule has 2 aliphatic heterocycles. The van der Waals surface area contributed by atoms with Crippen molar-refractivity contribution in [3.8, 4) is 0 Å². The van der Waals surface area contributed by atoms with Crippen molar-refractivity contribution in [1.82, 2.24) is 10.2 Å². The average Bonchev–Trinajstić information content (AvgIpc) is 2.87. The van der Waals surface area contributed by atoms with Gasteiger partial charge in [0, 0.05) is 13.1 Å². The average molecular weight is 282 g/mol. The number of hydrogen-bond acceptors (Lipinski definition) is 3. The molecular formula is C15H26N2O3. The first-order valence-electron chi connectivity index (χ1n) is 7.76. The maximum Gasteiger partial charge on any atom is 0.326 e. The maximum atomic E-state index is 13.0. The van der Waals surface area contributed by atoms with Gasteiger partial charge < -0.3 is 15.3 Å². The SMILES string of the molecule is CCCC1(C(=O)N2CCCC(C)C2C(=O)O)CCNC1. The number of nitrogens with one attached hydrogen (secondary N) is 1. The van der Waals surface area contributed by atoms with Crippen LogP contribution >= 0.6 is 0 Å². The molecule has 2 aliphatic rings. The molecule has 114 valence electrons. The Balaban J connectivity index is 2.22. The summed E-state index contributed by atoms with van der Waals surface area (Å²) in [5.74, 6) is -0.760. The summed E-state index contributed by atoms with van der Waals surface area (Å²) in [6.45, 7) is 6.16. The van der Waals surface area contributed by atoms with E-state index in [2.05, 4.69) is 12.2 Å². The topological polar surface area (TPSA) is 69.6 Å². The van der Waals surface area contributed by atoms with Crippen molar-refractivity contribution in [2.75, 3.05) is 19.6 Å². The van der Waals surface area contributed by atoms with Crippen LogP contribution in [0.2, 0.25) is 0 Å². The molecule has 20 heavy (non-hydrogen) atoms. The van der Waals surface area contributed by atoms with Gasteiger partial charge in [0.05, 0.1) is 5.41 Å². The minimum absolute atomic E-state index is 0.0400. The first-order valence-corrected chi connectivity index (χ1v) is 7.76. The largest absolute Gasteiger partial charge is 0.480 e. The van der Waals surface area contributed by atoms with Crippen LogP contribution in [0.25, 0.3) is 0 Å². The minimum atomic E-state index is -0.858.